The van der Waals surface area contributed by atoms with Crippen molar-refractivity contribution in [2.45, 2.75) is 38.8 Å². The highest BCUT2D eigenvalue weighted by Crippen LogP contribution is 2.32. The lowest BCUT2D eigenvalue weighted by Crippen LogP contribution is -2.43. The number of aliphatic hydroxyl groups excluding tert-OH is 1. The Morgan fingerprint density at radius 1 is 1.48 bits per heavy atom. The summed E-state index contributed by atoms with van der Waals surface area (Å²) >= 11 is 0. The Bertz CT molecular complexity index is 443. The molecule has 0 amide bonds. The van der Waals surface area contributed by atoms with Crippen LogP contribution in [0.3, 0.4) is 0 Å². The van der Waals surface area contributed by atoms with E-state index in [2.05, 4.69) is 22.2 Å². The molecule has 0 unspecified atom stereocenters. The molecule has 0 aromatic carbocycles. The molecule has 6 nitrogen and oxygen atoms in total. The Labute approximate surface area is 127 Å². The Balaban J connectivity index is 2.15. The van der Waals surface area contributed by atoms with Crippen LogP contribution in [-0.4, -0.2) is 54.3 Å². The number of anilines is 1. The lowest BCUT2D eigenvalue weighted by molar-refractivity contribution is 0.199. The molecule has 1 aliphatic rings. The summed E-state index contributed by atoms with van der Waals surface area (Å²) in [5, 5.41) is 17.4. The van der Waals surface area contributed by atoms with Crippen LogP contribution in [0.15, 0.2) is 0 Å². The highest BCUT2D eigenvalue weighted by atomic mass is 16.5. The maximum atomic E-state index is 9.40. The van der Waals surface area contributed by atoms with E-state index in [-0.39, 0.29) is 6.61 Å². The predicted octanol–water partition coefficient (Wildman–Crippen LogP) is 0.816. The standard InChI is InChI=1S/C15H28N4O2/c1-12-14(11-16-7-10-21-3)15(18(2)17-12)19(8-9-20)13-5-4-6-13/h13,16,20H,4-11H2,1-3H3. The van der Waals surface area contributed by atoms with Crippen molar-refractivity contribution in [3.8, 4) is 0 Å². The third kappa shape index (κ3) is 3.75. The molecule has 2 rings (SSSR count). The highest BCUT2D eigenvalue weighted by molar-refractivity contribution is 5.51. The Morgan fingerprint density at radius 3 is 2.81 bits per heavy atom. The molecule has 0 spiro atoms. The first-order valence-corrected chi connectivity index (χ1v) is 7.78. The normalized spacial score (nSPS) is 15.2. The van der Waals surface area contributed by atoms with Gasteiger partial charge in [0.25, 0.3) is 0 Å². The summed E-state index contributed by atoms with van der Waals surface area (Å²) in [6.45, 7) is 5.22. The number of aliphatic hydroxyl groups is 1. The summed E-state index contributed by atoms with van der Waals surface area (Å²) in [6.07, 6.45) is 3.70. The van der Waals surface area contributed by atoms with Gasteiger partial charge in [-0.2, -0.15) is 5.10 Å². The Kier molecular flexibility index (Phi) is 6.02. The van der Waals surface area contributed by atoms with Crippen molar-refractivity contribution in [3.05, 3.63) is 11.3 Å². The fourth-order valence-electron chi connectivity index (χ4n) is 2.91. The molecule has 1 aliphatic carbocycles. The van der Waals surface area contributed by atoms with Gasteiger partial charge < -0.3 is 20.1 Å². The van der Waals surface area contributed by atoms with Gasteiger partial charge >= 0.3 is 0 Å². The smallest absolute Gasteiger partial charge is 0.131 e. The van der Waals surface area contributed by atoms with Crippen LogP contribution in [0.1, 0.15) is 30.5 Å². The molecular formula is C15H28N4O2. The zero-order chi connectivity index (χ0) is 15.2. The molecule has 1 aromatic rings. The highest BCUT2D eigenvalue weighted by Gasteiger charge is 2.29. The maximum Gasteiger partial charge on any atom is 0.131 e. The molecule has 1 heterocycles. The van der Waals surface area contributed by atoms with Crippen molar-refractivity contribution >= 4 is 5.82 Å². The lowest BCUT2D eigenvalue weighted by Gasteiger charge is -2.39. The molecule has 1 aromatic heterocycles. The average molecular weight is 296 g/mol. The van der Waals surface area contributed by atoms with Crippen LogP contribution in [0.4, 0.5) is 5.82 Å². The number of hydrogen-bond donors (Lipinski definition) is 2. The summed E-state index contributed by atoms with van der Waals surface area (Å²) in [7, 11) is 3.70. The molecule has 0 aliphatic heterocycles. The van der Waals surface area contributed by atoms with Crippen molar-refractivity contribution in [2.75, 3.05) is 38.3 Å². The van der Waals surface area contributed by atoms with Gasteiger partial charge in [0, 0.05) is 45.4 Å². The van der Waals surface area contributed by atoms with Gasteiger partial charge in [-0.15, -0.1) is 0 Å². The minimum atomic E-state index is 0.178. The molecule has 1 saturated carbocycles. The molecular weight excluding hydrogens is 268 g/mol. The number of aryl methyl sites for hydroxylation is 2. The van der Waals surface area contributed by atoms with Crippen LogP contribution in [0.2, 0.25) is 0 Å². The van der Waals surface area contributed by atoms with Crippen molar-refractivity contribution in [1.82, 2.24) is 15.1 Å². The van der Waals surface area contributed by atoms with Gasteiger partial charge in [-0.25, -0.2) is 0 Å². The minimum Gasteiger partial charge on any atom is -0.395 e. The largest absolute Gasteiger partial charge is 0.395 e. The van der Waals surface area contributed by atoms with E-state index in [1.807, 2.05) is 11.7 Å². The first-order valence-electron chi connectivity index (χ1n) is 7.78. The second-order valence-electron chi connectivity index (χ2n) is 5.68. The summed E-state index contributed by atoms with van der Waals surface area (Å²) in [5.74, 6) is 1.15. The van der Waals surface area contributed by atoms with Gasteiger partial charge in [0.05, 0.1) is 18.9 Å². The Hall–Kier alpha value is -1.11. The topological polar surface area (TPSA) is 62.5 Å². The monoisotopic (exact) mass is 296 g/mol. The third-order valence-electron chi connectivity index (χ3n) is 4.23. The second kappa shape index (κ2) is 7.77. The van der Waals surface area contributed by atoms with Crippen LogP contribution >= 0.6 is 0 Å². The molecule has 1 fully saturated rings. The van der Waals surface area contributed by atoms with Crippen LogP contribution in [-0.2, 0) is 18.3 Å². The van der Waals surface area contributed by atoms with Crippen LogP contribution in [0.25, 0.3) is 0 Å². The number of nitrogens with one attached hydrogen (secondary N) is 1. The number of ether oxygens (including phenoxy) is 1. The number of hydrogen-bond acceptors (Lipinski definition) is 5. The van der Waals surface area contributed by atoms with E-state index in [1.165, 1.54) is 24.8 Å². The van der Waals surface area contributed by atoms with E-state index in [9.17, 15) is 5.11 Å². The number of nitrogens with zero attached hydrogens (tertiary/aromatic N) is 3. The van der Waals surface area contributed by atoms with Gasteiger partial charge in [-0.1, -0.05) is 0 Å². The van der Waals surface area contributed by atoms with Crippen LogP contribution in [0, 0.1) is 6.92 Å². The molecule has 6 heteroatoms. The number of methoxy groups -OCH3 is 1. The molecule has 0 radical (unpaired) electrons. The molecule has 120 valence electrons. The zero-order valence-corrected chi connectivity index (χ0v) is 13.4. The summed E-state index contributed by atoms with van der Waals surface area (Å²) in [6, 6.07) is 0.546. The number of rotatable bonds is 9. The molecule has 0 bridgehead atoms. The fraction of sp³-hybridized carbons (Fsp3) is 0.800. The van der Waals surface area contributed by atoms with Gasteiger partial charge in [0.2, 0.25) is 0 Å². The average Bonchev–Trinajstić information content (AvgIpc) is 2.66. The quantitative estimate of drug-likeness (QED) is 0.661. The van der Waals surface area contributed by atoms with Gasteiger partial charge in [-0.05, 0) is 26.2 Å². The number of aromatic nitrogens is 2. The van der Waals surface area contributed by atoms with E-state index in [1.54, 1.807) is 7.11 Å². The van der Waals surface area contributed by atoms with Crippen molar-refractivity contribution < 1.29 is 9.84 Å². The van der Waals surface area contributed by atoms with Crippen LogP contribution in [0.5, 0.6) is 0 Å². The van der Waals surface area contributed by atoms with Crippen LogP contribution < -0.4 is 10.2 Å². The first-order chi connectivity index (χ1) is 10.2. The second-order valence-corrected chi connectivity index (χ2v) is 5.68. The van der Waals surface area contributed by atoms with Crippen molar-refractivity contribution in [1.29, 1.82) is 0 Å². The zero-order valence-electron chi connectivity index (χ0n) is 13.4. The molecule has 0 atom stereocenters. The third-order valence-corrected chi connectivity index (χ3v) is 4.23. The first kappa shape index (κ1) is 16.3. The lowest BCUT2D eigenvalue weighted by atomic mass is 9.91. The van der Waals surface area contributed by atoms with E-state index in [0.29, 0.717) is 19.2 Å². The van der Waals surface area contributed by atoms with E-state index >= 15 is 0 Å². The molecule has 21 heavy (non-hydrogen) atoms. The maximum absolute atomic E-state index is 9.40. The summed E-state index contributed by atoms with van der Waals surface area (Å²) in [4.78, 5) is 2.33. The van der Waals surface area contributed by atoms with Gasteiger partial charge in [0.15, 0.2) is 0 Å². The van der Waals surface area contributed by atoms with E-state index in [0.717, 1.165) is 24.6 Å². The Morgan fingerprint density at radius 2 is 2.24 bits per heavy atom. The van der Waals surface area contributed by atoms with E-state index < -0.39 is 0 Å². The SMILES string of the molecule is COCCNCc1c(C)nn(C)c1N(CCO)C1CCC1. The molecule has 2 N–H and O–H groups in total. The van der Waals surface area contributed by atoms with Crippen molar-refractivity contribution in [2.24, 2.45) is 7.05 Å². The van der Waals surface area contributed by atoms with Gasteiger partial charge in [-0.3, -0.25) is 4.68 Å². The predicted molar refractivity (Wildman–Crippen MR) is 83.6 cm³/mol. The summed E-state index contributed by atoms with van der Waals surface area (Å²) < 4.78 is 7.02. The van der Waals surface area contributed by atoms with Gasteiger partial charge in [0.1, 0.15) is 5.82 Å². The summed E-state index contributed by atoms with van der Waals surface area (Å²) in [5.41, 5.74) is 2.29. The fourth-order valence-corrected chi connectivity index (χ4v) is 2.91. The van der Waals surface area contributed by atoms with Crippen molar-refractivity contribution in [3.63, 3.8) is 0 Å². The molecule has 0 saturated heterocycles. The van der Waals surface area contributed by atoms with E-state index in [4.69, 9.17) is 4.74 Å². The minimum absolute atomic E-state index is 0.178.